The Morgan fingerprint density at radius 1 is 0.964 bits per heavy atom. The number of carbonyl (C=O) groups is 1. The van der Waals surface area contributed by atoms with Crippen LogP contribution in [0.15, 0.2) is 67.0 Å². The van der Waals surface area contributed by atoms with Crippen molar-refractivity contribution >= 4 is 22.3 Å². The molecule has 0 spiro atoms. The summed E-state index contributed by atoms with van der Waals surface area (Å²) in [4.78, 5) is 17.0. The first-order valence-electron chi connectivity index (χ1n) is 8.78. The van der Waals surface area contributed by atoms with Crippen molar-refractivity contribution in [3.63, 3.8) is 0 Å². The number of aliphatic carboxylic acids is 1. The molecule has 0 saturated carbocycles. The van der Waals surface area contributed by atoms with Gasteiger partial charge in [0.25, 0.3) is 0 Å². The van der Waals surface area contributed by atoms with Crippen LogP contribution in [0.1, 0.15) is 4.88 Å². The van der Waals surface area contributed by atoms with Gasteiger partial charge in [-0.1, -0.05) is 18.2 Å². The van der Waals surface area contributed by atoms with Crippen LogP contribution in [0.4, 0.5) is 0 Å². The lowest BCUT2D eigenvalue weighted by Gasteiger charge is -2.08. The van der Waals surface area contributed by atoms with Crippen molar-refractivity contribution in [1.29, 1.82) is 0 Å². The summed E-state index contributed by atoms with van der Waals surface area (Å²) in [6.45, 7) is 0.933. The minimum absolute atomic E-state index is 0.0172. The maximum absolute atomic E-state index is 10.8. The van der Waals surface area contributed by atoms with Crippen molar-refractivity contribution in [2.75, 3.05) is 13.2 Å². The van der Waals surface area contributed by atoms with Crippen LogP contribution in [0.25, 0.3) is 16.2 Å². The van der Waals surface area contributed by atoms with Gasteiger partial charge in [-0.3, -0.25) is 9.20 Å². The van der Waals surface area contributed by atoms with E-state index in [-0.39, 0.29) is 6.42 Å². The van der Waals surface area contributed by atoms with Crippen LogP contribution in [-0.2, 0) is 11.2 Å². The van der Waals surface area contributed by atoms with Gasteiger partial charge in [0.15, 0.2) is 4.96 Å². The van der Waals surface area contributed by atoms with E-state index in [1.165, 1.54) is 11.3 Å². The maximum atomic E-state index is 10.8. The summed E-state index contributed by atoms with van der Waals surface area (Å²) < 4.78 is 13.2. The molecule has 7 heteroatoms. The second-order valence-electron chi connectivity index (χ2n) is 6.12. The van der Waals surface area contributed by atoms with Gasteiger partial charge in [0.1, 0.15) is 24.7 Å². The van der Waals surface area contributed by atoms with Crippen LogP contribution >= 0.6 is 11.3 Å². The molecule has 4 aromatic rings. The second kappa shape index (κ2) is 8.14. The normalized spacial score (nSPS) is 10.9. The molecule has 0 aliphatic rings. The molecule has 0 atom stereocenters. The van der Waals surface area contributed by atoms with Gasteiger partial charge in [-0.2, -0.15) is 0 Å². The Morgan fingerprint density at radius 3 is 2.29 bits per heavy atom. The average molecular weight is 394 g/mol. The van der Waals surface area contributed by atoms with Gasteiger partial charge >= 0.3 is 5.97 Å². The number of fused-ring (bicyclic) bond motifs is 1. The van der Waals surface area contributed by atoms with E-state index in [1.807, 2.05) is 71.4 Å². The zero-order chi connectivity index (χ0) is 19.3. The fourth-order valence-electron chi connectivity index (χ4n) is 2.77. The first-order chi connectivity index (χ1) is 13.7. The monoisotopic (exact) mass is 394 g/mol. The lowest BCUT2D eigenvalue weighted by molar-refractivity contribution is -0.136. The molecular weight excluding hydrogens is 376 g/mol. The Hall–Kier alpha value is -3.32. The molecule has 0 bridgehead atoms. The van der Waals surface area contributed by atoms with Crippen LogP contribution in [-0.4, -0.2) is 33.7 Å². The Labute approximate surface area is 165 Å². The summed E-state index contributed by atoms with van der Waals surface area (Å²) in [5.74, 6) is 0.757. The van der Waals surface area contributed by atoms with Crippen molar-refractivity contribution in [2.45, 2.75) is 6.42 Å². The topological polar surface area (TPSA) is 73.1 Å². The van der Waals surface area contributed by atoms with Gasteiger partial charge in [-0.25, -0.2) is 4.98 Å². The fraction of sp³-hybridized carbons (Fsp3) is 0.143. The van der Waals surface area contributed by atoms with Crippen molar-refractivity contribution in [3.8, 4) is 22.8 Å². The third-order valence-electron chi connectivity index (χ3n) is 4.04. The van der Waals surface area contributed by atoms with E-state index in [0.29, 0.717) is 13.2 Å². The van der Waals surface area contributed by atoms with E-state index in [0.717, 1.165) is 32.6 Å². The largest absolute Gasteiger partial charge is 0.490 e. The van der Waals surface area contributed by atoms with E-state index in [1.54, 1.807) is 0 Å². The average Bonchev–Trinajstić information content (AvgIpc) is 3.24. The number of hydrogen-bond acceptors (Lipinski definition) is 5. The molecular formula is C21H18N2O4S. The molecule has 28 heavy (non-hydrogen) atoms. The van der Waals surface area contributed by atoms with Gasteiger partial charge in [0.05, 0.1) is 12.1 Å². The summed E-state index contributed by atoms with van der Waals surface area (Å²) in [5.41, 5.74) is 1.82. The number of hydrogen-bond donors (Lipinski definition) is 1. The van der Waals surface area contributed by atoms with E-state index < -0.39 is 5.97 Å². The van der Waals surface area contributed by atoms with Gasteiger partial charge < -0.3 is 14.6 Å². The summed E-state index contributed by atoms with van der Waals surface area (Å²) in [7, 11) is 0. The van der Waals surface area contributed by atoms with Crippen molar-refractivity contribution in [2.24, 2.45) is 0 Å². The minimum atomic E-state index is -0.838. The van der Waals surface area contributed by atoms with E-state index in [2.05, 4.69) is 4.98 Å². The highest BCUT2D eigenvalue weighted by molar-refractivity contribution is 7.17. The molecule has 1 N–H and O–H groups in total. The molecule has 2 aromatic heterocycles. The summed E-state index contributed by atoms with van der Waals surface area (Å²) >= 11 is 1.39. The summed E-state index contributed by atoms with van der Waals surface area (Å²) in [5, 5.41) is 8.88. The minimum Gasteiger partial charge on any atom is -0.490 e. The highest BCUT2D eigenvalue weighted by Crippen LogP contribution is 2.25. The summed E-state index contributed by atoms with van der Waals surface area (Å²) in [6.07, 6.45) is 3.74. The SMILES string of the molecule is O=C(O)Cc1cn2cc(-c3ccc(OCCOc4ccccc4)cc3)nc2s1. The lowest BCUT2D eigenvalue weighted by atomic mass is 10.2. The summed E-state index contributed by atoms with van der Waals surface area (Å²) in [6, 6.07) is 17.4. The zero-order valence-electron chi connectivity index (χ0n) is 14.9. The van der Waals surface area contributed by atoms with Crippen LogP contribution in [0.5, 0.6) is 11.5 Å². The molecule has 0 radical (unpaired) electrons. The number of imidazole rings is 1. The van der Waals surface area contributed by atoms with E-state index in [9.17, 15) is 4.79 Å². The molecule has 0 aliphatic heterocycles. The third-order valence-corrected chi connectivity index (χ3v) is 5.04. The van der Waals surface area contributed by atoms with E-state index in [4.69, 9.17) is 14.6 Å². The maximum Gasteiger partial charge on any atom is 0.308 e. The molecule has 2 aromatic carbocycles. The molecule has 0 fully saturated rings. The predicted molar refractivity (Wildman–Crippen MR) is 107 cm³/mol. The van der Waals surface area contributed by atoms with Crippen LogP contribution in [0.3, 0.4) is 0 Å². The van der Waals surface area contributed by atoms with Crippen LogP contribution in [0, 0.1) is 0 Å². The molecule has 0 unspecified atom stereocenters. The van der Waals surface area contributed by atoms with Gasteiger partial charge in [-0.05, 0) is 36.4 Å². The number of thiazole rings is 1. The fourth-order valence-corrected chi connectivity index (χ4v) is 3.72. The smallest absolute Gasteiger partial charge is 0.308 e. The molecule has 0 saturated heterocycles. The number of ether oxygens (including phenoxy) is 2. The number of nitrogens with zero attached hydrogens (tertiary/aromatic N) is 2. The highest BCUT2D eigenvalue weighted by atomic mass is 32.1. The van der Waals surface area contributed by atoms with Gasteiger partial charge in [0.2, 0.25) is 0 Å². The third kappa shape index (κ3) is 4.32. The van der Waals surface area contributed by atoms with Crippen LogP contribution < -0.4 is 9.47 Å². The Morgan fingerprint density at radius 2 is 1.64 bits per heavy atom. The number of carboxylic acids is 1. The van der Waals surface area contributed by atoms with Crippen molar-refractivity contribution in [3.05, 3.63) is 71.9 Å². The molecule has 6 nitrogen and oxygen atoms in total. The number of para-hydroxylation sites is 1. The number of aromatic nitrogens is 2. The first-order valence-corrected chi connectivity index (χ1v) is 9.59. The number of rotatable bonds is 8. The Kier molecular flexibility index (Phi) is 5.25. The predicted octanol–water partition coefficient (Wildman–Crippen LogP) is 4.15. The Bertz CT molecular complexity index is 1040. The van der Waals surface area contributed by atoms with Crippen LogP contribution in [0.2, 0.25) is 0 Å². The quantitative estimate of drug-likeness (QED) is 0.455. The molecule has 142 valence electrons. The zero-order valence-corrected chi connectivity index (χ0v) is 15.8. The van der Waals surface area contributed by atoms with E-state index >= 15 is 0 Å². The molecule has 0 aliphatic carbocycles. The van der Waals surface area contributed by atoms with Gasteiger partial charge in [-0.15, -0.1) is 11.3 Å². The molecule has 4 rings (SSSR count). The van der Waals surface area contributed by atoms with Crippen molar-refractivity contribution < 1.29 is 19.4 Å². The number of benzene rings is 2. The molecule has 2 heterocycles. The number of carboxylic acid groups (broad SMARTS) is 1. The highest BCUT2D eigenvalue weighted by Gasteiger charge is 2.10. The molecule has 0 amide bonds. The van der Waals surface area contributed by atoms with Gasteiger partial charge in [0, 0.05) is 22.8 Å². The Balaban J connectivity index is 1.34. The second-order valence-corrected chi connectivity index (χ2v) is 7.21. The lowest BCUT2D eigenvalue weighted by Crippen LogP contribution is -2.08. The standard InChI is InChI=1S/C21H18N2O4S/c24-20(25)12-18-13-23-14-19(22-21(23)28-18)15-6-8-17(9-7-15)27-11-10-26-16-4-2-1-3-5-16/h1-9,13-14H,10-12H2,(H,24,25). The first kappa shape index (κ1) is 18.1. The van der Waals surface area contributed by atoms with Crippen molar-refractivity contribution in [1.82, 2.24) is 9.38 Å².